The second-order valence-electron chi connectivity index (χ2n) is 11.4. The van der Waals surface area contributed by atoms with Gasteiger partial charge < -0.3 is 23.7 Å². The van der Waals surface area contributed by atoms with E-state index in [2.05, 4.69) is 10.2 Å². The van der Waals surface area contributed by atoms with Crippen LogP contribution in [0.3, 0.4) is 0 Å². The second-order valence-corrected chi connectivity index (χ2v) is 11.4. The molecule has 4 amide bonds. The van der Waals surface area contributed by atoms with Gasteiger partial charge in [-0.05, 0) is 66.8 Å². The highest BCUT2D eigenvalue weighted by Crippen LogP contribution is 2.41. The molecule has 2 bridgehead atoms. The number of ether oxygens (including phenoxy) is 3. The Kier molecular flexibility index (Phi) is 6.27. The molecule has 2 fully saturated rings. The minimum Gasteiger partial charge on any atom is -0.497 e. The molecule has 4 aliphatic heterocycles. The monoisotopic (exact) mass is 570 g/mol. The van der Waals surface area contributed by atoms with Gasteiger partial charge in [-0.1, -0.05) is 12.1 Å². The summed E-state index contributed by atoms with van der Waals surface area (Å²) in [5, 5.41) is 2.48. The molecule has 0 saturated carbocycles. The molecule has 2 saturated heterocycles. The molecule has 1 aromatic heterocycles. The van der Waals surface area contributed by atoms with E-state index in [0.29, 0.717) is 48.1 Å². The standard InChI is InChI=1S/C31H30N4O7/c1-40-23-8-6-22(7-9-23)35-29(38)31(28(37)32-30(35)39,13-19-5-10-25-26(12-19)42-18-41-25)17-33-14-20-11-21(16-33)24-3-2-4-27(36)34(24)15-20/h2-10,12,20-21H,11,13-18H2,1H3,(H,32,37,39)/t20-,21+,31?/m1/s1. The van der Waals surface area contributed by atoms with Crippen LogP contribution in [-0.4, -0.2) is 60.8 Å². The molecule has 42 heavy (non-hydrogen) atoms. The summed E-state index contributed by atoms with van der Waals surface area (Å²) in [4.78, 5) is 57.3. The van der Waals surface area contributed by atoms with Gasteiger partial charge in [-0.15, -0.1) is 0 Å². The van der Waals surface area contributed by atoms with Crippen LogP contribution >= 0.6 is 0 Å². The van der Waals surface area contributed by atoms with Gasteiger partial charge in [-0.3, -0.25) is 19.7 Å². The first-order valence-electron chi connectivity index (χ1n) is 14.0. The number of rotatable bonds is 6. The Balaban J connectivity index is 1.26. The van der Waals surface area contributed by atoms with Crippen LogP contribution in [0.1, 0.15) is 23.6 Å². The van der Waals surface area contributed by atoms with E-state index in [1.807, 2.05) is 16.7 Å². The molecule has 0 radical (unpaired) electrons. The van der Waals surface area contributed by atoms with Gasteiger partial charge in [0.25, 0.3) is 11.5 Å². The molecule has 4 aliphatic rings. The van der Waals surface area contributed by atoms with Crippen LogP contribution in [0, 0.1) is 11.3 Å². The van der Waals surface area contributed by atoms with E-state index < -0.39 is 23.3 Å². The van der Waals surface area contributed by atoms with E-state index >= 15 is 0 Å². The number of likely N-dealkylation sites (tertiary alicyclic amines) is 1. The van der Waals surface area contributed by atoms with Crippen LogP contribution in [0.25, 0.3) is 0 Å². The predicted molar refractivity (Wildman–Crippen MR) is 151 cm³/mol. The Bertz CT molecular complexity index is 1650. The summed E-state index contributed by atoms with van der Waals surface area (Å²) >= 11 is 0. The number of nitrogens with zero attached hydrogens (tertiary/aromatic N) is 3. The lowest BCUT2D eigenvalue weighted by molar-refractivity contribution is -0.144. The van der Waals surface area contributed by atoms with Crippen molar-refractivity contribution in [2.45, 2.75) is 25.3 Å². The molecule has 0 aliphatic carbocycles. The highest BCUT2D eigenvalue weighted by Gasteiger charge is 2.56. The van der Waals surface area contributed by atoms with Crippen molar-refractivity contribution in [3.8, 4) is 17.2 Å². The quantitative estimate of drug-likeness (QED) is 0.449. The number of piperidine rings is 1. The molecule has 1 unspecified atom stereocenters. The molecule has 0 spiro atoms. The first-order chi connectivity index (χ1) is 20.3. The van der Waals surface area contributed by atoms with E-state index in [9.17, 15) is 19.2 Å². The fraction of sp³-hybridized carbons (Fsp3) is 0.355. The SMILES string of the molecule is COc1ccc(N2C(=O)NC(=O)C(Cc3ccc4c(c3)OCO4)(CN3C[C@H]4C[C@@H](C3)c3cccc(=O)n3C4)C2=O)cc1. The van der Waals surface area contributed by atoms with Gasteiger partial charge in [0, 0.05) is 43.9 Å². The molecule has 7 rings (SSSR count). The maximum absolute atomic E-state index is 14.5. The predicted octanol–water partition coefficient (Wildman–Crippen LogP) is 2.52. The Labute approximate surface area is 241 Å². The van der Waals surface area contributed by atoms with E-state index in [4.69, 9.17) is 14.2 Å². The van der Waals surface area contributed by atoms with Crippen molar-refractivity contribution < 1.29 is 28.6 Å². The van der Waals surface area contributed by atoms with E-state index in [1.165, 1.54) is 7.11 Å². The van der Waals surface area contributed by atoms with Crippen LogP contribution in [0.15, 0.2) is 65.5 Å². The van der Waals surface area contributed by atoms with Gasteiger partial charge in [-0.2, -0.15) is 0 Å². The highest BCUT2D eigenvalue weighted by atomic mass is 16.7. The number of anilines is 1. The van der Waals surface area contributed by atoms with Crippen molar-refractivity contribution in [2.75, 3.05) is 38.4 Å². The molecule has 3 atom stereocenters. The molecule has 2 aromatic carbocycles. The van der Waals surface area contributed by atoms with Gasteiger partial charge in [0.05, 0.1) is 12.8 Å². The van der Waals surface area contributed by atoms with Crippen molar-refractivity contribution in [3.63, 3.8) is 0 Å². The number of hydrogen-bond acceptors (Lipinski definition) is 8. The Morgan fingerprint density at radius 3 is 2.57 bits per heavy atom. The average Bonchev–Trinajstić information content (AvgIpc) is 3.45. The van der Waals surface area contributed by atoms with E-state index in [1.54, 1.807) is 48.5 Å². The van der Waals surface area contributed by atoms with Gasteiger partial charge in [0.15, 0.2) is 11.5 Å². The molecule has 11 heteroatoms. The number of nitrogens with one attached hydrogen (secondary N) is 1. The van der Waals surface area contributed by atoms with Crippen LogP contribution in [-0.2, 0) is 22.6 Å². The summed E-state index contributed by atoms with van der Waals surface area (Å²) < 4.78 is 18.1. The number of urea groups is 1. The number of barbiturate groups is 1. The number of imide groups is 2. The largest absolute Gasteiger partial charge is 0.497 e. The van der Waals surface area contributed by atoms with Crippen LogP contribution < -0.4 is 30.0 Å². The Morgan fingerprint density at radius 2 is 1.76 bits per heavy atom. The fourth-order valence-corrected chi connectivity index (χ4v) is 6.90. The minimum atomic E-state index is -1.61. The number of amides is 4. The van der Waals surface area contributed by atoms with E-state index in [0.717, 1.165) is 17.0 Å². The Morgan fingerprint density at radius 1 is 0.952 bits per heavy atom. The van der Waals surface area contributed by atoms with Crippen molar-refractivity contribution in [1.82, 2.24) is 14.8 Å². The fourth-order valence-electron chi connectivity index (χ4n) is 6.90. The zero-order valence-electron chi connectivity index (χ0n) is 23.1. The number of aromatic nitrogens is 1. The molecule has 216 valence electrons. The van der Waals surface area contributed by atoms with Crippen molar-refractivity contribution in [2.24, 2.45) is 11.3 Å². The molecular weight excluding hydrogens is 540 g/mol. The van der Waals surface area contributed by atoms with Crippen LogP contribution in [0.4, 0.5) is 10.5 Å². The van der Waals surface area contributed by atoms with Crippen LogP contribution in [0.5, 0.6) is 17.2 Å². The van der Waals surface area contributed by atoms with Crippen molar-refractivity contribution in [3.05, 3.63) is 82.3 Å². The lowest BCUT2D eigenvalue weighted by Crippen LogP contribution is -2.68. The third-order valence-corrected chi connectivity index (χ3v) is 8.79. The summed E-state index contributed by atoms with van der Waals surface area (Å²) in [7, 11) is 1.53. The number of carbonyl (C=O) groups excluding carboxylic acids is 3. The molecular formula is C31H30N4O7. The summed E-state index contributed by atoms with van der Waals surface area (Å²) in [6, 6.07) is 16.5. The summed E-state index contributed by atoms with van der Waals surface area (Å²) in [6.45, 7) is 2.01. The van der Waals surface area contributed by atoms with Crippen molar-refractivity contribution in [1.29, 1.82) is 0 Å². The molecule has 5 heterocycles. The lowest BCUT2D eigenvalue weighted by Gasteiger charge is -2.47. The summed E-state index contributed by atoms with van der Waals surface area (Å²) in [6.07, 6.45) is 0.988. The van der Waals surface area contributed by atoms with Crippen molar-refractivity contribution >= 4 is 23.5 Å². The first kappa shape index (κ1) is 26.3. The maximum atomic E-state index is 14.5. The number of pyridine rings is 1. The van der Waals surface area contributed by atoms with E-state index in [-0.39, 0.29) is 37.2 Å². The molecule has 1 N–H and O–H groups in total. The smallest absolute Gasteiger partial charge is 0.335 e. The third-order valence-electron chi connectivity index (χ3n) is 8.79. The topological polar surface area (TPSA) is 119 Å². The van der Waals surface area contributed by atoms with Gasteiger partial charge in [-0.25, -0.2) is 9.69 Å². The minimum absolute atomic E-state index is 0.00888. The van der Waals surface area contributed by atoms with Gasteiger partial charge >= 0.3 is 6.03 Å². The first-order valence-corrected chi connectivity index (χ1v) is 14.0. The third kappa shape index (κ3) is 4.32. The van der Waals surface area contributed by atoms with Gasteiger partial charge in [0.1, 0.15) is 11.2 Å². The molecule has 3 aromatic rings. The van der Waals surface area contributed by atoms with Crippen LogP contribution in [0.2, 0.25) is 0 Å². The second kappa shape index (κ2) is 10.0. The number of carbonyl (C=O) groups is 3. The number of methoxy groups -OCH3 is 1. The maximum Gasteiger partial charge on any atom is 0.335 e. The normalized spacial score (nSPS) is 24.8. The summed E-state index contributed by atoms with van der Waals surface area (Å²) in [5.41, 5.74) is 0.405. The zero-order valence-corrected chi connectivity index (χ0v) is 23.1. The van der Waals surface area contributed by atoms with Gasteiger partial charge in [0.2, 0.25) is 12.7 Å². The summed E-state index contributed by atoms with van der Waals surface area (Å²) in [5.74, 6) is 0.781. The Hall–Kier alpha value is -4.64. The average molecular weight is 571 g/mol. The number of benzene rings is 2. The highest BCUT2D eigenvalue weighted by molar-refractivity contribution is 6.30. The molecule has 11 nitrogen and oxygen atoms in total. The zero-order chi connectivity index (χ0) is 29.0. The number of fused-ring (bicyclic) bond motifs is 5. The number of hydrogen-bond donors (Lipinski definition) is 1. The lowest BCUT2D eigenvalue weighted by atomic mass is 9.75.